The minimum atomic E-state index is -0.262. The molecule has 2 N–H and O–H groups in total. The molecule has 3 heteroatoms. The first-order valence-electron chi connectivity index (χ1n) is 6.16. The van der Waals surface area contributed by atoms with E-state index in [2.05, 4.69) is 28.9 Å². The van der Waals surface area contributed by atoms with Crippen molar-refractivity contribution >= 4 is 26.9 Å². The summed E-state index contributed by atoms with van der Waals surface area (Å²) >= 11 is 3.60. The first-order valence-corrected chi connectivity index (χ1v) is 6.95. The Morgan fingerprint density at radius 3 is 2.68 bits per heavy atom. The highest BCUT2D eigenvalue weighted by molar-refractivity contribution is 9.10. The second-order valence-electron chi connectivity index (χ2n) is 4.64. The van der Waals surface area contributed by atoms with Gasteiger partial charge in [0.1, 0.15) is 11.3 Å². The van der Waals surface area contributed by atoms with Crippen molar-refractivity contribution in [2.24, 2.45) is 5.73 Å². The Labute approximate surface area is 120 Å². The van der Waals surface area contributed by atoms with Crippen molar-refractivity contribution in [1.29, 1.82) is 0 Å². The Morgan fingerprint density at radius 2 is 1.89 bits per heavy atom. The summed E-state index contributed by atoms with van der Waals surface area (Å²) in [6.45, 7) is 2.05. The number of fused-ring (bicyclic) bond motifs is 1. The largest absolute Gasteiger partial charge is 0.459 e. The SMILES string of the molecule is Cc1cccc(C(N)c2cc3ccccc3o2)c1Br. The van der Waals surface area contributed by atoms with Gasteiger partial charge in [-0.2, -0.15) is 0 Å². The first-order chi connectivity index (χ1) is 9.16. The highest BCUT2D eigenvalue weighted by atomic mass is 79.9. The summed E-state index contributed by atoms with van der Waals surface area (Å²) in [7, 11) is 0. The van der Waals surface area contributed by atoms with Crippen molar-refractivity contribution in [3.8, 4) is 0 Å². The fourth-order valence-corrected chi connectivity index (χ4v) is 2.73. The lowest BCUT2D eigenvalue weighted by atomic mass is 10.0. The molecular weight excluding hydrogens is 302 g/mol. The van der Waals surface area contributed by atoms with Gasteiger partial charge < -0.3 is 10.2 Å². The predicted molar refractivity (Wildman–Crippen MR) is 81.1 cm³/mol. The molecule has 0 bridgehead atoms. The molecule has 0 amide bonds. The Kier molecular flexibility index (Phi) is 3.17. The number of hydrogen-bond donors (Lipinski definition) is 1. The molecule has 1 unspecified atom stereocenters. The molecule has 1 aromatic heterocycles. The van der Waals surface area contributed by atoms with E-state index >= 15 is 0 Å². The standard InChI is InChI=1S/C16H14BrNO/c1-10-5-4-7-12(15(10)17)16(18)14-9-11-6-2-3-8-13(11)19-14/h2-9,16H,18H2,1H3. The van der Waals surface area contributed by atoms with Gasteiger partial charge in [-0.25, -0.2) is 0 Å². The van der Waals surface area contributed by atoms with E-state index in [0.29, 0.717) is 0 Å². The normalized spacial score (nSPS) is 12.8. The smallest absolute Gasteiger partial charge is 0.134 e. The van der Waals surface area contributed by atoms with Crippen LogP contribution in [0.5, 0.6) is 0 Å². The highest BCUT2D eigenvalue weighted by Crippen LogP contribution is 2.31. The van der Waals surface area contributed by atoms with Crippen LogP contribution in [0.2, 0.25) is 0 Å². The van der Waals surface area contributed by atoms with Crippen LogP contribution < -0.4 is 5.73 Å². The summed E-state index contributed by atoms with van der Waals surface area (Å²) in [4.78, 5) is 0. The van der Waals surface area contributed by atoms with Crippen LogP contribution >= 0.6 is 15.9 Å². The summed E-state index contributed by atoms with van der Waals surface area (Å²) in [5, 5.41) is 1.08. The van der Waals surface area contributed by atoms with Crippen molar-refractivity contribution in [3.05, 3.63) is 69.9 Å². The number of para-hydroxylation sites is 1. The molecule has 2 aromatic carbocycles. The zero-order chi connectivity index (χ0) is 13.4. The zero-order valence-electron chi connectivity index (χ0n) is 10.6. The van der Waals surface area contributed by atoms with Gasteiger partial charge in [0, 0.05) is 9.86 Å². The minimum Gasteiger partial charge on any atom is -0.459 e. The van der Waals surface area contributed by atoms with E-state index in [9.17, 15) is 0 Å². The van der Waals surface area contributed by atoms with Gasteiger partial charge in [0.25, 0.3) is 0 Å². The van der Waals surface area contributed by atoms with Crippen LogP contribution in [0.4, 0.5) is 0 Å². The quantitative estimate of drug-likeness (QED) is 0.753. The number of benzene rings is 2. The number of halogens is 1. The van der Waals surface area contributed by atoms with Crippen LogP contribution in [0, 0.1) is 6.92 Å². The maximum atomic E-state index is 6.33. The molecule has 0 saturated heterocycles. The number of aryl methyl sites for hydroxylation is 1. The van der Waals surface area contributed by atoms with E-state index in [-0.39, 0.29) is 6.04 Å². The van der Waals surface area contributed by atoms with E-state index < -0.39 is 0 Å². The van der Waals surface area contributed by atoms with Crippen molar-refractivity contribution in [2.75, 3.05) is 0 Å². The Balaban J connectivity index is 2.08. The summed E-state index contributed by atoms with van der Waals surface area (Å²) in [6.07, 6.45) is 0. The molecule has 3 aromatic rings. The molecule has 96 valence electrons. The molecule has 0 saturated carbocycles. The Morgan fingerprint density at radius 1 is 1.11 bits per heavy atom. The second-order valence-corrected chi connectivity index (χ2v) is 5.44. The molecular formula is C16H14BrNO. The van der Waals surface area contributed by atoms with Crippen LogP contribution in [-0.2, 0) is 0 Å². The maximum absolute atomic E-state index is 6.33. The van der Waals surface area contributed by atoms with Gasteiger partial charge >= 0.3 is 0 Å². The van der Waals surface area contributed by atoms with Crippen molar-refractivity contribution < 1.29 is 4.42 Å². The average molecular weight is 316 g/mol. The molecule has 0 aliphatic heterocycles. The van der Waals surface area contributed by atoms with Gasteiger partial charge in [-0.3, -0.25) is 0 Å². The third kappa shape index (κ3) is 2.20. The van der Waals surface area contributed by atoms with Gasteiger partial charge in [0.15, 0.2) is 0 Å². The fraction of sp³-hybridized carbons (Fsp3) is 0.125. The van der Waals surface area contributed by atoms with Gasteiger partial charge in [0.2, 0.25) is 0 Å². The molecule has 0 aliphatic rings. The van der Waals surface area contributed by atoms with Crippen LogP contribution in [0.25, 0.3) is 11.0 Å². The molecule has 2 nitrogen and oxygen atoms in total. The second kappa shape index (κ2) is 4.83. The molecule has 0 aliphatic carbocycles. The predicted octanol–water partition coefficient (Wildman–Crippen LogP) is 4.55. The van der Waals surface area contributed by atoms with Gasteiger partial charge in [-0.1, -0.05) is 52.3 Å². The topological polar surface area (TPSA) is 39.2 Å². The third-order valence-corrected chi connectivity index (χ3v) is 4.39. The van der Waals surface area contributed by atoms with Crippen molar-refractivity contribution in [2.45, 2.75) is 13.0 Å². The summed E-state index contributed by atoms with van der Waals surface area (Å²) in [5.74, 6) is 0.785. The van der Waals surface area contributed by atoms with Crippen LogP contribution in [0.1, 0.15) is 22.9 Å². The van der Waals surface area contributed by atoms with Crippen molar-refractivity contribution in [3.63, 3.8) is 0 Å². The molecule has 0 radical (unpaired) electrons. The molecule has 0 fully saturated rings. The third-order valence-electron chi connectivity index (χ3n) is 3.31. The first kappa shape index (κ1) is 12.5. The van der Waals surface area contributed by atoms with E-state index in [1.165, 1.54) is 5.56 Å². The minimum absolute atomic E-state index is 0.262. The summed E-state index contributed by atoms with van der Waals surface area (Å²) < 4.78 is 6.88. The summed E-state index contributed by atoms with van der Waals surface area (Å²) in [6, 6.07) is 15.8. The molecule has 3 rings (SSSR count). The maximum Gasteiger partial charge on any atom is 0.134 e. The van der Waals surface area contributed by atoms with E-state index in [1.54, 1.807) is 0 Å². The lowest BCUT2D eigenvalue weighted by Crippen LogP contribution is -2.11. The van der Waals surface area contributed by atoms with Crippen LogP contribution in [0.15, 0.2) is 57.4 Å². The molecule has 19 heavy (non-hydrogen) atoms. The number of furan rings is 1. The number of nitrogens with two attached hydrogens (primary N) is 1. The van der Waals surface area contributed by atoms with Gasteiger partial charge in [-0.05, 0) is 30.2 Å². The van der Waals surface area contributed by atoms with Crippen LogP contribution in [0.3, 0.4) is 0 Å². The zero-order valence-corrected chi connectivity index (χ0v) is 12.1. The van der Waals surface area contributed by atoms with Gasteiger partial charge in [-0.15, -0.1) is 0 Å². The molecule has 1 heterocycles. The number of hydrogen-bond acceptors (Lipinski definition) is 2. The monoisotopic (exact) mass is 315 g/mol. The Bertz CT molecular complexity index is 699. The molecule has 1 atom stereocenters. The highest BCUT2D eigenvalue weighted by Gasteiger charge is 2.17. The van der Waals surface area contributed by atoms with Crippen LogP contribution in [-0.4, -0.2) is 0 Å². The Hall–Kier alpha value is -1.58. The van der Waals surface area contributed by atoms with E-state index in [1.807, 2.05) is 42.5 Å². The lowest BCUT2D eigenvalue weighted by Gasteiger charge is -2.12. The molecule has 0 spiro atoms. The van der Waals surface area contributed by atoms with E-state index in [0.717, 1.165) is 26.8 Å². The van der Waals surface area contributed by atoms with E-state index in [4.69, 9.17) is 10.2 Å². The van der Waals surface area contributed by atoms with Gasteiger partial charge in [0.05, 0.1) is 6.04 Å². The lowest BCUT2D eigenvalue weighted by molar-refractivity contribution is 0.524. The average Bonchev–Trinajstić information content (AvgIpc) is 2.85. The number of rotatable bonds is 2. The van der Waals surface area contributed by atoms with Crippen molar-refractivity contribution in [1.82, 2.24) is 0 Å². The fourth-order valence-electron chi connectivity index (χ4n) is 2.22. The summed E-state index contributed by atoms with van der Waals surface area (Å²) in [5.41, 5.74) is 9.41.